The molecule has 0 heterocycles. The number of carbonyl (C=O) groups is 1. The topological polar surface area (TPSA) is 37.3 Å². The van der Waals surface area contributed by atoms with Gasteiger partial charge in [0.15, 0.2) is 5.78 Å². The lowest BCUT2D eigenvalue weighted by molar-refractivity contribution is 0.101. The number of rotatable bonds is 2. The summed E-state index contributed by atoms with van der Waals surface area (Å²) in [6.07, 6.45) is 0. The Morgan fingerprint density at radius 1 is 1.12 bits per heavy atom. The van der Waals surface area contributed by atoms with Gasteiger partial charge in [-0.1, -0.05) is 24.3 Å². The van der Waals surface area contributed by atoms with E-state index in [-0.39, 0.29) is 11.5 Å². The monoisotopic (exact) mass is 230 g/mol. The highest BCUT2D eigenvalue weighted by atomic mass is 19.1. The van der Waals surface area contributed by atoms with Crippen LogP contribution in [0.5, 0.6) is 5.75 Å². The van der Waals surface area contributed by atoms with Gasteiger partial charge in [-0.3, -0.25) is 4.79 Å². The predicted molar refractivity (Wildman–Crippen MR) is 63.5 cm³/mol. The van der Waals surface area contributed by atoms with Crippen LogP contribution in [0, 0.1) is 5.82 Å². The molecule has 17 heavy (non-hydrogen) atoms. The number of phenols is 1. The molecule has 86 valence electrons. The lowest BCUT2D eigenvalue weighted by Crippen LogP contribution is -1.91. The summed E-state index contributed by atoms with van der Waals surface area (Å²) in [7, 11) is 0. The van der Waals surface area contributed by atoms with Gasteiger partial charge in [-0.25, -0.2) is 4.39 Å². The number of hydrogen-bond acceptors (Lipinski definition) is 2. The Labute approximate surface area is 98.3 Å². The van der Waals surface area contributed by atoms with Gasteiger partial charge in [0.2, 0.25) is 0 Å². The smallest absolute Gasteiger partial charge is 0.159 e. The molecule has 2 aromatic rings. The highest BCUT2D eigenvalue weighted by molar-refractivity contribution is 5.94. The maximum Gasteiger partial charge on any atom is 0.159 e. The normalized spacial score (nSPS) is 10.2. The second-order valence-electron chi connectivity index (χ2n) is 3.80. The molecule has 0 bridgehead atoms. The summed E-state index contributed by atoms with van der Waals surface area (Å²) < 4.78 is 13.1. The Bertz CT molecular complexity index is 559. The van der Waals surface area contributed by atoms with Crippen molar-refractivity contribution in [1.29, 1.82) is 0 Å². The third-order valence-electron chi connectivity index (χ3n) is 2.56. The van der Waals surface area contributed by atoms with Crippen LogP contribution >= 0.6 is 0 Å². The van der Waals surface area contributed by atoms with Crippen molar-refractivity contribution in [2.45, 2.75) is 6.92 Å². The first-order valence-electron chi connectivity index (χ1n) is 5.18. The summed E-state index contributed by atoms with van der Waals surface area (Å²) in [6, 6.07) is 10.4. The van der Waals surface area contributed by atoms with Gasteiger partial charge in [0, 0.05) is 11.1 Å². The number of phenolic OH excluding ortho intramolecular Hbond substituents is 1. The molecule has 2 rings (SSSR count). The number of ketones is 1. The highest BCUT2D eigenvalue weighted by Gasteiger charge is 2.06. The van der Waals surface area contributed by atoms with E-state index in [0.29, 0.717) is 16.7 Å². The molecule has 0 unspecified atom stereocenters. The van der Waals surface area contributed by atoms with Crippen LogP contribution in [0.15, 0.2) is 42.5 Å². The third-order valence-corrected chi connectivity index (χ3v) is 2.56. The number of aromatic hydroxyl groups is 1. The Kier molecular flexibility index (Phi) is 2.91. The summed E-state index contributed by atoms with van der Waals surface area (Å²) in [5.41, 5.74) is 1.68. The lowest BCUT2D eigenvalue weighted by Gasteiger charge is -2.05. The molecule has 1 N–H and O–H groups in total. The molecule has 0 saturated carbocycles. The second kappa shape index (κ2) is 4.37. The van der Waals surface area contributed by atoms with Gasteiger partial charge in [0.1, 0.15) is 11.6 Å². The molecule has 0 fully saturated rings. The van der Waals surface area contributed by atoms with Crippen molar-refractivity contribution in [3.63, 3.8) is 0 Å². The zero-order chi connectivity index (χ0) is 12.4. The number of Topliss-reactive ketones (excluding diaryl/α,β-unsaturated/α-hetero) is 1. The maximum absolute atomic E-state index is 13.1. The van der Waals surface area contributed by atoms with E-state index in [1.54, 1.807) is 24.3 Å². The second-order valence-corrected chi connectivity index (χ2v) is 3.80. The quantitative estimate of drug-likeness (QED) is 0.803. The summed E-state index contributed by atoms with van der Waals surface area (Å²) in [5.74, 6) is -0.421. The number of hydrogen-bond donors (Lipinski definition) is 1. The van der Waals surface area contributed by atoms with Crippen LogP contribution in [0.25, 0.3) is 11.1 Å². The predicted octanol–water partition coefficient (Wildman–Crippen LogP) is 3.40. The Morgan fingerprint density at radius 2 is 1.76 bits per heavy atom. The van der Waals surface area contributed by atoms with Crippen LogP contribution in [-0.2, 0) is 0 Å². The molecule has 0 saturated heterocycles. The first-order valence-corrected chi connectivity index (χ1v) is 5.18. The molecule has 2 aromatic carbocycles. The highest BCUT2D eigenvalue weighted by Crippen LogP contribution is 2.29. The van der Waals surface area contributed by atoms with Gasteiger partial charge >= 0.3 is 0 Å². The summed E-state index contributed by atoms with van der Waals surface area (Å²) in [5, 5.41) is 9.63. The molecular weight excluding hydrogens is 219 g/mol. The fraction of sp³-hybridized carbons (Fsp3) is 0.0714. The largest absolute Gasteiger partial charge is 0.507 e. The fourth-order valence-corrected chi connectivity index (χ4v) is 1.62. The average Bonchev–Trinajstić information content (AvgIpc) is 2.32. The fourth-order valence-electron chi connectivity index (χ4n) is 1.62. The van der Waals surface area contributed by atoms with E-state index < -0.39 is 5.82 Å². The van der Waals surface area contributed by atoms with Gasteiger partial charge in [-0.2, -0.15) is 0 Å². The van der Waals surface area contributed by atoms with E-state index in [4.69, 9.17) is 0 Å². The van der Waals surface area contributed by atoms with Crippen LogP contribution in [0.2, 0.25) is 0 Å². The van der Waals surface area contributed by atoms with E-state index in [0.717, 1.165) is 0 Å². The third kappa shape index (κ3) is 2.33. The van der Waals surface area contributed by atoms with Crippen molar-refractivity contribution >= 4 is 5.78 Å². The Morgan fingerprint density at radius 3 is 2.35 bits per heavy atom. The first kappa shape index (κ1) is 11.3. The van der Waals surface area contributed by atoms with Crippen molar-refractivity contribution < 1.29 is 14.3 Å². The molecule has 2 nitrogen and oxygen atoms in total. The van der Waals surface area contributed by atoms with Crippen LogP contribution in [0.3, 0.4) is 0 Å². The van der Waals surface area contributed by atoms with E-state index in [1.807, 2.05) is 0 Å². The Hall–Kier alpha value is -2.16. The minimum Gasteiger partial charge on any atom is -0.507 e. The van der Waals surface area contributed by atoms with Crippen molar-refractivity contribution in [1.82, 2.24) is 0 Å². The van der Waals surface area contributed by atoms with Crippen molar-refractivity contribution in [3.8, 4) is 16.9 Å². The minimum absolute atomic E-state index is 0.0157. The molecular formula is C14H11FO2. The molecule has 0 aliphatic rings. The lowest BCUT2D eigenvalue weighted by atomic mass is 10.0. The van der Waals surface area contributed by atoms with Gasteiger partial charge in [-0.05, 0) is 30.7 Å². The average molecular weight is 230 g/mol. The standard InChI is InChI=1S/C14H11FO2/c1-9(16)10-2-4-11(5-3-10)13-8-12(15)6-7-14(13)17/h2-8,17H,1H3. The zero-order valence-electron chi connectivity index (χ0n) is 9.27. The molecule has 0 aromatic heterocycles. The summed E-state index contributed by atoms with van der Waals surface area (Å²) >= 11 is 0. The van der Waals surface area contributed by atoms with E-state index in [9.17, 15) is 14.3 Å². The number of carbonyl (C=O) groups excluding carboxylic acids is 1. The van der Waals surface area contributed by atoms with Crippen molar-refractivity contribution in [2.24, 2.45) is 0 Å². The van der Waals surface area contributed by atoms with E-state index in [2.05, 4.69) is 0 Å². The van der Waals surface area contributed by atoms with Gasteiger partial charge in [0.25, 0.3) is 0 Å². The van der Waals surface area contributed by atoms with Crippen molar-refractivity contribution in [3.05, 3.63) is 53.8 Å². The molecule has 3 heteroatoms. The maximum atomic E-state index is 13.1. The van der Waals surface area contributed by atoms with Crippen molar-refractivity contribution in [2.75, 3.05) is 0 Å². The van der Waals surface area contributed by atoms with E-state index >= 15 is 0 Å². The minimum atomic E-state index is -0.409. The summed E-state index contributed by atoms with van der Waals surface area (Å²) in [4.78, 5) is 11.1. The molecule has 0 spiro atoms. The number of halogens is 1. The van der Waals surface area contributed by atoms with Gasteiger partial charge < -0.3 is 5.11 Å². The van der Waals surface area contributed by atoms with Crippen LogP contribution in [0.4, 0.5) is 4.39 Å². The zero-order valence-corrected chi connectivity index (χ0v) is 9.27. The van der Waals surface area contributed by atoms with Crippen LogP contribution in [0.1, 0.15) is 17.3 Å². The number of benzene rings is 2. The summed E-state index contributed by atoms with van der Waals surface area (Å²) in [6.45, 7) is 1.48. The SMILES string of the molecule is CC(=O)c1ccc(-c2cc(F)ccc2O)cc1. The van der Waals surface area contributed by atoms with Gasteiger partial charge in [0.05, 0.1) is 0 Å². The van der Waals surface area contributed by atoms with Gasteiger partial charge in [-0.15, -0.1) is 0 Å². The van der Waals surface area contributed by atoms with E-state index in [1.165, 1.54) is 25.1 Å². The van der Waals surface area contributed by atoms with Crippen LogP contribution < -0.4 is 0 Å². The molecule has 0 amide bonds. The Balaban J connectivity index is 2.46. The molecule has 0 aliphatic carbocycles. The molecule has 0 aliphatic heterocycles. The first-order chi connectivity index (χ1) is 8.08. The molecule has 0 radical (unpaired) electrons. The molecule has 0 atom stereocenters. The van der Waals surface area contributed by atoms with Crippen LogP contribution in [-0.4, -0.2) is 10.9 Å².